The third kappa shape index (κ3) is 5.80. The molecule has 6 rings (SSSR count). The van der Waals surface area contributed by atoms with Crippen molar-refractivity contribution in [3.63, 3.8) is 0 Å². The van der Waals surface area contributed by atoms with Gasteiger partial charge in [-0.15, -0.1) is 0 Å². The molecule has 238 valence electrons. The Labute approximate surface area is 275 Å². The lowest BCUT2D eigenvalue weighted by atomic mass is 9.72. The van der Waals surface area contributed by atoms with Crippen molar-refractivity contribution < 1.29 is 24.2 Å². The average molecular weight is 627 g/mol. The van der Waals surface area contributed by atoms with Crippen molar-refractivity contribution in [3.8, 4) is 5.75 Å². The van der Waals surface area contributed by atoms with Gasteiger partial charge in [-0.2, -0.15) is 0 Å². The van der Waals surface area contributed by atoms with Crippen LogP contribution in [0.4, 0.5) is 5.69 Å². The number of benzene rings is 5. The summed E-state index contributed by atoms with van der Waals surface area (Å²) in [4.78, 5) is 30.9. The van der Waals surface area contributed by atoms with Gasteiger partial charge in [0, 0.05) is 5.56 Å². The van der Waals surface area contributed by atoms with E-state index in [4.69, 9.17) is 9.47 Å². The first-order valence-electron chi connectivity index (χ1n) is 15.8. The smallest absolute Gasteiger partial charge is 0.327 e. The van der Waals surface area contributed by atoms with Crippen LogP contribution >= 0.6 is 0 Å². The number of anilines is 1. The lowest BCUT2D eigenvalue weighted by Gasteiger charge is -2.46. The lowest BCUT2D eigenvalue weighted by Crippen LogP contribution is -2.70. The highest BCUT2D eigenvalue weighted by molar-refractivity contribution is 6.11. The number of carbonyl (C=O) groups is 2. The molecule has 1 amide bonds. The van der Waals surface area contributed by atoms with Gasteiger partial charge in [0.25, 0.3) is 5.91 Å². The number of ether oxygens (including phenoxy) is 2. The SMILES string of the molecule is CC[C@](NC(c1ccccc1)c1ccccc1)(C(=O)O)C1(OCc2ccc(OC)cc2)C(=O)N(Cc2ccccc2)c2ccccc21. The Kier molecular flexibility index (Phi) is 9.20. The van der Waals surface area contributed by atoms with Crippen molar-refractivity contribution in [2.24, 2.45) is 0 Å². The average Bonchev–Trinajstić information content (AvgIpc) is 3.36. The molecular formula is C40H38N2O5. The van der Waals surface area contributed by atoms with Gasteiger partial charge in [0.15, 0.2) is 5.54 Å². The molecule has 0 fully saturated rings. The predicted octanol–water partition coefficient (Wildman–Crippen LogP) is 7.27. The largest absolute Gasteiger partial charge is 0.497 e. The molecule has 0 aromatic heterocycles. The second kappa shape index (κ2) is 13.6. The van der Waals surface area contributed by atoms with Gasteiger partial charge in [-0.25, -0.2) is 0 Å². The third-order valence-electron chi connectivity index (χ3n) is 9.07. The van der Waals surface area contributed by atoms with E-state index in [1.165, 1.54) is 0 Å². The maximum atomic E-state index is 15.3. The first-order valence-corrected chi connectivity index (χ1v) is 15.8. The Bertz CT molecular complexity index is 1780. The zero-order valence-corrected chi connectivity index (χ0v) is 26.5. The van der Waals surface area contributed by atoms with Crippen LogP contribution in [0.1, 0.15) is 47.2 Å². The zero-order chi connectivity index (χ0) is 32.9. The van der Waals surface area contributed by atoms with E-state index >= 15 is 4.79 Å². The Hall–Kier alpha value is -5.24. The summed E-state index contributed by atoms with van der Waals surface area (Å²) in [6, 6.07) is 43.3. The minimum atomic E-state index is -1.94. The first kappa shape index (κ1) is 31.7. The number of hydrogen-bond donors (Lipinski definition) is 2. The van der Waals surface area contributed by atoms with Crippen LogP contribution in [0.3, 0.4) is 0 Å². The number of nitrogens with zero attached hydrogens (tertiary/aromatic N) is 1. The molecule has 0 saturated carbocycles. The van der Waals surface area contributed by atoms with E-state index in [2.05, 4.69) is 5.32 Å². The fraction of sp³-hybridized carbons (Fsp3) is 0.200. The van der Waals surface area contributed by atoms with Crippen molar-refractivity contribution in [1.29, 1.82) is 0 Å². The van der Waals surface area contributed by atoms with Gasteiger partial charge in [-0.1, -0.05) is 128 Å². The number of carboxylic acid groups (broad SMARTS) is 1. The molecular weight excluding hydrogens is 588 g/mol. The summed E-state index contributed by atoms with van der Waals surface area (Å²) in [5.41, 5.74) is 0.688. The fourth-order valence-corrected chi connectivity index (χ4v) is 6.65. The molecule has 7 nitrogen and oxygen atoms in total. The molecule has 1 unspecified atom stereocenters. The molecule has 0 aliphatic carbocycles. The van der Waals surface area contributed by atoms with Gasteiger partial charge >= 0.3 is 5.97 Å². The van der Waals surface area contributed by atoms with Crippen molar-refractivity contribution >= 4 is 17.6 Å². The van der Waals surface area contributed by atoms with Crippen molar-refractivity contribution in [2.75, 3.05) is 12.0 Å². The number of aliphatic carboxylic acids is 1. The number of carbonyl (C=O) groups excluding carboxylic acids is 1. The Morgan fingerprint density at radius 3 is 1.89 bits per heavy atom. The highest BCUT2D eigenvalue weighted by atomic mass is 16.5. The van der Waals surface area contributed by atoms with Crippen molar-refractivity contribution in [2.45, 2.75) is 43.7 Å². The fourth-order valence-electron chi connectivity index (χ4n) is 6.65. The maximum absolute atomic E-state index is 15.3. The van der Waals surface area contributed by atoms with E-state index in [9.17, 15) is 9.90 Å². The molecule has 1 aliphatic heterocycles. The molecule has 2 atom stereocenters. The van der Waals surface area contributed by atoms with Crippen LogP contribution in [0.25, 0.3) is 0 Å². The van der Waals surface area contributed by atoms with Crippen molar-refractivity contribution in [1.82, 2.24) is 5.32 Å². The van der Waals surface area contributed by atoms with Crippen LogP contribution in [0.5, 0.6) is 5.75 Å². The monoisotopic (exact) mass is 626 g/mol. The number of carboxylic acids is 1. The van der Waals surface area contributed by atoms with Gasteiger partial charge in [0.1, 0.15) is 5.75 Å². The topological polar surface area (TPSA) is 88.1 Å². The van der Waals surface area contributed by atoms with Crippen LogP contribution in [-0.4, -0.2) is 29.6 Å². The maximum Gasteiger partial charge on any atom is 0.327 e. The molecule has 47 heavy (non-hydrogen) atoms. The van der Waals surface area contributed by atoms with Crippen molar-refractivity contribution in [3.05, 3.63) is 167 Å². The number of hydrogen-bond acceptors (Lipinski definition) is 5. The van der Waals surface area contributed by atoms with E-state index in [1.54, 1.807) is 18.9 Å². The minimum absolute atomic E-state index is 0.0126. The van der Waals surface area contributed by atoms with Gasteiger partial charge in [0.05, 0.1) is 32.0 Å². The predicted molar refractivity (Wildman–Crippen MR) is 182 cm³/mol. The van der Waals surface area contributed by atoms with E-state index in [1.807, 2.05) is 140 Å². The third-order valence-corrected chi connectivity index (χ3v) is 9.07. The molecule has 0 radical (unpaired) electrons. The second-order valence-corrected chi connectivity index (χ2v) is 11.7. The van der Waals surface area contributed by atoms with E-state index in [0.717, 1.165) is 22.3 Å². The molecule has 2 N–H and O–H groups in total. The van der Waals surface area contributed by atoms with E-state index in [0.29, 0.717) is 17.0 Å². The van der Waals surface area contributed by atoms with E-state index in [-0.39, 0.29) is 19.6 Å². The number of methoxy groups -OCH3 is 1. The number of nitrogens with one attached hydrogen (secondary N) is 1. The molecule has 1 aliphatic rings. The normalized spacial score (nSPS) is 16.9. The van der Waals surface area contributed by atoms with Gasteiger partial charge in [-0.3, -0.25) is 14.9 Å². The second-order valence-electron chi connectivity index (χ2n) is 11.7. The van der Waals surface area contributed by atoms with Crippen LogP contribution in [0.15, 0.2) is 140 Å². The molecule has 1 heterocycles. The molecule has 5 aromatic carbocycles. The summed E-state index contributed by atoms with van der Waals surface area (Å²) in [6.45, 7) is 2.04. The van der Waals surface area contributed by atoms with Crippen LogP contribution < -0.4 is 15.0 Å². The molecule has 7 heteroatoms. The number of para-hydroxylation sites is 1. The Morgan fingerprint density at radius 2 is 1.34 bits per heavy atom. The summed E-state index contributed by atoms with van der Waals surface area (Å²) in [6.07, 6.45) is 0.0420. The van der Waals surface area contributed by atoms with Crippen LogP contribution in [-0.2, 0) is 33.1 Å². The van der Waals surface area contributed by atoms with E-state index < -0.39 is 29.1 Å². The highest BCUT2D eigenvalue weighted by Gasteiger charge is 2.68. The lowest BCUT2D eigenvalue weighted by molar-refractivity contribution is -0.181. The molecule has 5 aromatic rings. The summed E-state index contributed by atoms with van der Waals surface area (Å²) in [7, 11) is 1.60. The highest BCUT2D eigenvalue weighted by Crippen LogP contribution is 2.52. The molecule has 0 saturated heterocycles. The number of rotatable bonds is 13. The summed E-state index contributed by atoms with van der Waals surface area (Å²) in [5.74, 6) is -0.938. The van der Waals surface area contributed by atoms with Crippen LogP contribution in [0.2, 0.25) is 0 Å². The summed E-state index contributed by atoms with van der Waals surface area (Å²) in [5, 5.41) is 15.0. The Balaban J connectivity index is 1.55. The summed E-state index contributed by atoms with van der Waals surface area (Å²) >= 11 is 0. The van der Waals surface area contributed by atoms with Gasteiger partial charge < -0.3 is 19.5 Å². The van der Waals surface area contributed by atoms with Gasteiger partial charge in [-0.05, 0) is 46.9 Å². The first-order chi connectivity index (χ1) is 22.9. The number of fused-ring (bicyclic) bond motifs is 1. The van der Waals surface area contributed by atoms with Gasteiger partial charge in [0.2, 0.25) is 5.60 Å². The van der Waals surface area contributed by atoms with Crippen LogP contribution in [0, 0.1) is 0 Å². The zero-order valence-electron chi connectivity index (χ0n) is 26.5. The molecule has 0 bridgehead atoms. The summed E-state index contributed by atoms with van der Waals surface area (Å²) < 4.78 is 12.2. The standard InChI is InChI=1S/C40H38N2O5/c1-3-39(38(44)45,41-36(31-17-9-5-10-18-31)32-19-11-6-12-20-32)40(47-28-30-23-25-33(46-2)26-24-30)34-21-13-14-22-35(34)42(37(40)43)27-29-15-7-4-8-16-29/h4-26,36,41H,3,27-28H2,1-2H3,(H,44,45)/t39-,40?/m0/s1. The molecule has 0 spiro atoms. The quantitative estimate of drug-likeness (QED) is 0.143. The minimum Gasteiger partial charge on any atom is -0.497 e. The number of amides is 1. The Morgan fingerprint density at radius 1 is 0.787 bits per heavy atom.